The molecule has 2 aromatic heterocycles. The fourth-order valence-corrected chi connectivity index (χ4v) is 8.31. The summed E-state index contributed by atoms with van der Waals surface area (Å²) >= 11 is 0. The van der Waals surface area contributed by atoms with Crippen molar-refractivity contribution in [2.24, 2.45) is 0 Å². The number of pyridine rings is 1. The highest BCUT2D eigenvalue weighted by Gasteiger charge is 2.18. The lowest BCUT2D eigenvalue weighted by molar-refractivity contribution is 1.23. The Bertz CT molecular complexity index is 3300. The zero-order valence-corrected chi connectivity index (χ0v) is 30.4. The Kier molecular flexibility index (Phi) is 7.49. The summed E-state index contributed by atoms with van der Waals surface area (Å²) in [5.41, 5.74) is 11.7. The molecule has 0 N–H and O–H groups in total. The molecule has 3 nitrogen and oxygen atoms in total. The van der Waals surface area contributed by atoms with Crippen molar-refractivity contribution in [3.8, 4) is 56.2 Å². The summed E-state index contributed by atoms with van der Waals surface area (Å²) in [5.74, 6) is 0.727. The van der Waals surface area contributed by atoms with Crippen LogP contribution in [0.3, 0.4) is 0 Å². The average Bonchev–Trinajstić information content (AvgIpc) is 3.28. The van der Waals surface area contributed by atoms with Gasteiger partial charge in [0.15, 0.2) is 5.82 Å². The molecule has 0 saturated heterocycles. The molecular formula is C53H33N3. The summed E-state index contributed by atoms with van der Waals surface area (Å²) in [5, 5.41) is 9.45. The number of para-hydroxylation sites is 2. The van der Waals surface area contributed by atoms with Gasteiger partial charge in [-0.1, -0.05) is 170 Å². The lowest BCUT2D eigenvalue weighted by Crippen LogP contribution is -1.95. The lowest BCUT2D eigenvalue weighted by Gasteiger charge is -2.17. The van der Waals surface area contributed by atoms with Crippen LogP contribution in [0.5, 0.6) is 0 Å². The van der Waals surface area contributed by atoms with E-state index in [4.69, 9.17) is 15.0 Å². The third-order valence-electron chi connectivity index (χ3n) is 11.0. The summed E-state index contributed by atoms with van der Waals surface area (Å²) in [4.78, 5) is 15.4. The summed E-state index contributed by atoms with van der Waals surface area (Å²) < 4.78 is 0. The number of benzene rings is 9. The molecule has 3 heteroatoms. The van der Waals surface area contributed by atoms with Crippen molar-refractivity contribution in [3.63, 3.8) is 0 Å². The van der Waals surface area contributed by atoms with Crippen LogP contribution in [0.4, 0.5) is 0 Å². The Morgan fingerprint density at radius 2 is 0.857 bits per heavy atom. The van der Waals surface area contributed by atoms with Gasteiger partial charge in [-0.2, -0.15) is 0 Å². The first-order valence-electron chi connectivity index (χ1n) is 19.0. The molecule has 0 radical (unpaired) electrons. The van der Waals surface area contributed by atoms with Gasteiger partial charge in [-0.15, -0.1) is 0 Å². The molecule has 56 heavy (non-hydrogen) atoms. The van der Waals surface area contributed by atoms with Crippen LogP contribution in [0, 0.1) is 0 Å². The molecular weight excluding hydrogens is 679 g/mol. The van der Waals surface area contributed by atoms with Crippen molar-refractivity contribution < 1.29 is 0 Å². The summed E-state index contributed by atoms with van der Waals surface area (Å²) in [6.45, 7) is 0. The fourth-order valence-electron chi connectivity index (χ4n) is 8.31. The third-order valence-corrected chi connectivity index (χ3v) is 11.0. The molecule has 0 fully saturated rings. The molecule has 9 aromatic carbocycles. The molecule has 0 aliphatic heterocycles. The van der Waals surface area contributed by atoms with Crippen LogP contribution in [0.25, 0.3) is 110 Å². The van der Waals surface area contributed by atoms with Crippen molar-refractivity contribution in [1.82, 2.24) is 15.0 Å². The minimum atomic E-state index is 0.727. The van der Waals surface area contributed by atoms with Crippen LogP contribution < -0.4 is 0 Å². The average molecular weight is 712 g/mol. The molecule has 11 aromatic rings. The van der Waals surface area contributed by atoms with Crippen LogP contribution in [-0.2, 0) is 0 Å². The van der Waals surface area contributed by atoms with Gasteiger partial charge >= 0.3 is 0 Å². The molecule has 0 aliphatic carbocycles. The SMILES string of the molecule is c1ccc(-c2nc(-c3ccc(-c4cccc(-c5cc6c(-c7ccc8ccccc8c7)nc7ccccc7c6c6ccccc56)c4)cc3)c3ccccc3n2)cc1. The number of hydrogen-bond acceptors (Lipinski definition) is 3. The standard InChI is InChI=1S/C53H33N3/c1-2-14-37(15-3-1)53-55-49-24-11-9-22-45(49)51(56-53)36-28-25-35(26-29-36)39-17-12-18-40(31-39)46-33-47-50(43-20-7-6-19-42(43)46)44-21-8-10-23-48(44)54-52(47)41-30-27-34-13-4-5-16-38(34)32-41/h1-33H. The van der Waals surface area contributed by atoms with Crippen LogP contribution in [-0.4, -0.2) is 15.0 Å². The monoisotopic (exact) mass is 711 g/mol. The van der Waals surface area contributed by atoms with Gasteiger partial charge in [-0.05, 0) is 74.1 Å². The highest BCUT2D eigenvalue weighted by molar-refractivity contribution is 6.25. The van der Waals surface area contributed by atoms with Gasteiger partial charge in [-0.25, -0.2) is 15.0 Å². The van der Waals surface area contributed by atoms with Gasteiger partial charge in [-0.3, -0.25) is 0 Å². The maximum absolute atomic E-state index is 5.35. The number of hydrogen-bond donors (Lipinski definition) is 0. The Morgan fingerprint density at radius 3 is 1.68 bits per heavy atom. The van der Waals surface area contributed by atoms with Gasteiger partial charge in [0, 0.05) is 38.2 Å². The second kappa shape index (κ2) is 13.1. The van der Waals surface area contributed by atoms with Crippen molar-refractivity contribution in [2.45, 2.75) is 0 Å². The van der Waals surface area contributed by atoms with E-state index in [1.165, 1.54) is 32.5 Å². The highest BCUT2D eigenvalue weighted by atomic mass is 14.9. The number of fused-ring (bicyclic) bond motifs is 7. The van der Waals surface area contributed by atoms with Crippen molar-refractivity contribution in [3.05, 3.63) is 200 Å². The van der Waals surface area contributed by atoms with Crippen molar-refractivity contribution >= 4 is 54.1 Å². The van der Waals surface area contributed by atoms with E-state index in [-0.39, 0.29) is 0 Å². The van der Waals surface area contributed by atoms with Crippen LogP contribution in [0.2, 0.25) is 0 Å². The number of aromatic nitrogens is 3. The molecule has 0 spiro atoms. The largest absolute Gasteiger partial charge is 0.247 e. The van der Waals surface area contributed by atoms with Crippen LogP contribution >= 0.6 is 0 Å². The third kappa shape index (κ3) is 5.40. The minimum absolute atomic E-state index is 0.727. The molecule has 0 unspecified atom stereocenters. The molecule has 0 bridgehead atoms. The zero-order valence-electron chi connectivity index (χ0n) is 30.4. The Hall–Kier alpha value is -7.49. The summed E-state index contributed by atoms with van der Waals surface area (Å²) in [7, 11) is 0. The molecule has 0 atom stereocenters. The number of nitrogens with zero attached hydrogens (tertiary/aromatic N) is 3. The molecule has 11 rings (SSSR count). The Morgan fingerprint density at radius 1 is 0.268 bits per heavy atom. The van der Waals surface area contributed by atoms with Crippen molar-refractivity contribution in [1.29, 1.82) is 0 Å². The van der Waals surface area contributed by atoms with E-state index < -0.39 is 0 Å². The summed E-state index contributed by atoms with van der Waals surface area (Å²) in [6.07, 6.45) is 0. The fraction of sp³-hybridized carbons (Fsp3) is 0. The molecule has 0 amide bonds. The van der Waals surface area contributed by atoms with Gasteiger partial charge < -0.3 is 0 Å². The summed E-state index contributed by atoms with van der Waals surface area (Å²) in [6, 6.07) is 71.1. The van der Waals surface area contributed by atoms with E-state index in [0.717, 1.165) is 77.8 Å². The second-order valence-corrected chi connectivity index (χ2v) is 14.4. The highest BCUT2D eigenvalue weighted by Crippen LogP contribution is 2.43. The predicted octanol–water partition coefficient (Wildman–Crippen LogP) is 14.0. The smallest absolute Gasteiger partial charge is 0.160 e. The van der Waals surface area contributed by atoms with Gasteiger partial charge in [0.05, 0.1) is 22.4 Å². The lowest BCUT2D eigenvalue weighted by atomic mass is 9.89. The Balaban J connectivity index is 1.06. The van der Waals surface area contributed by atoms with E-state index in [1.54, 1.807) is 0 Å². The first kappa shape index (κ1) is 32.0. The number of rotatable bonds is 5. The van der Waals surface area contributed by atoms with Crippen LogP contribution in [0.1, 0.15) is 0 Å². The van der Waals surface area contributed by atoms with Gasteiger partial charge in [0.2, 0.25) is 0 Å². The van der Waals surface area contributed by atoms with Gasteiger partial charge in [0.25, 0.3) is 0 Å². The van der Waals surface area contributed by atoms with Crippen molar-refractivity contribution in [2.75, 3.05) is 0 Å². The quantitative estimate of drug-likeness (QED) is 0.167. The predicted molar refractivity (Wildman–Crippen MR) is 235 cm³/mol. The van der Waals surface area contributed by atoms with E-state index >= 15 is 0 Å². The molecule has 2 heterocycles. The van der Waals surface area contributed by atoms with E-state index in [1.807, 2.05) is 24.3 Å². The first-order valence-corrected chi connectivity index (χ1v) is 19.0. The minimum Gasteiger partial charge on any atom is -0.247 e. The first-order chi connectivity index (χ1) is 27.7. The second-order valence-electron chi connectivity index (χ2n) is 14.4. The van der Waals surface area contributed by atoms with E-state index in [0.29, 0.717) is 0 Å². The van der Waals surface area contributed by atoms with Gasteiger partial charge in [0.1, 0.15) is 0 Å². The van der Waals surface area contributed by atoms with E-state index in [9.17, 15) is 0 Å². The normalized spacial score (nSPS) is 11.6. The van der Waals surface area contributed by atoms with Crippen LogP contribution in [0.15, 0.2) is 200 Å². The topological polar surface area (TPSA) is 38.7 Å². The molecule has 0 aliphatic rings. The molecule has 0 saturated carbocycles. The maximum atomic E-state index is 5.35. The molecule has 260 valence electrons. The van der Waals surface area contributed by atoms with E-state index in [2.05, 4.69) is 176 Å². The zero-order chi connectivity index (χ0) is 37.0. The maximum Gasteiger partial charge on any atom is 0.160 e. The Labute approximate surface area is 324 Å².